The highest BCUT2D eigenvalue weighted by atomic mass is 32.2. The van der Waals surface area contributed by atoms with Gasteiger partial charge in [0.05, 0.1) is 12.0 Å². The molecular formula is C15H19NO3S. The topological polar surface area (TPSA) is 57.6 Å². The molecule has 1 heterocycles. The van der Waals surface area contributed by atoms with E-state index in [1.807, 2.05) is 16.7 Å². The van der Waals surface area contributed by atoms with Crippen LogP contribution in [-0.2, 0) is 11.2 Å². The van der Waals surface area contributed by atoms with Crippen molar-refractivity contribution in [1.82, 2.24) is 4.90 Å². The van der Waals surface area contributed by atoms with Gasteiger partial charge >= 0.3 is 5.97 Å². The van der Waals surface area contributed by atoms with Gasteiger partial charge < -0.3 is 10.0 Å². The molecule has 0 aliphatic carbocycles. The Morgan fingerprint density at radius 2 is 1.95 bits per heavy atom. The number of carboxylic acids is 1. The molecule has 5 heteroatoms. The monoisotopic (exact) mass is 293 g/mol. The summed E-state index contributed by atoms with van der Waals surface area (Å²) >= 11 is 1.90. The van der Waals surface area contributed by atoms with Crippen molar-refractivity contribution in [2.75, 3.05) is 12.3 Å². The predicted molar refractivity (Wildman–Crippen MR) is 80.2 cm³/mol. The highest BCUT2D eigenvalue weighted by molar-refractivity contribution is 8.00. The van der Waals surface area contributed by atoms with Crippen LogP contribution in [0.15, 0.2) is 24.3 Å². The molecule has 2 unspecified atom stereocenters. The first-order valence-corrected chi connectivity index (χ1v) is 7.77. The standard InChI is InChI=1S/C15H19NO3S/c1-10-11(2)20-8-7-16(10)14(17)9-12-3-5-13(6-4-12)15(18)19/h3-6,10-11H,7-9H2,1-2H3,(H,18,19). The summed E-state index contributed by atoms with van der Waals surface area (Å²) in [5.74, 6) is 0.154. The van der Waals surface area contributed by atoms with Gasteiger partial charge in [-0.25, -0.2) is 4.79 Å². The Balaban J connectivity index is 2.02. The molecule has 2 rings (SSSR count). The van der Waals surface area contributed by atoms with Crippen LogP contribution in [-0.4, -0.2) is 45.5 Å². The van der Waals surface area contributed by atoms with Crippen LogP contribution in [0, 0.1) is 0 Å². The molecule has 1 fully saturated rings. The van der Waals surface area contributed by atoms with E-state index in [0.29, 0.717) is 11.7 Å². The van der Waals surface area contributed by atoms with Crippen molar-refractivity contribution in [3.8, 4) is 0 Å². The number of carbonyl (C=O) groups is 2. The normalized spacial score (nSPS) is 22.6. The summed E-state index contributed by atoms with van der Waals surface area (Å²) in [6.07, 6.45) is 0.335. The fraction of sp³-hybridized carbons (Fsp3) is 0.467. The molecular weight excluding hydrogens is 274 g/mol. The molecule has 1 amide bonds. The Morgan fingerprint density at radius 1 is 1.30 bits per heavy atom. The summed E-state index contributed by atoms with van der Waals surface area (Å²) in [5, 5.41) is 9.31. The molecule has 1 aromatic rings. The van der Waals surface area contributed by atoms with E-state index >= 15 is 0 Å². The minimum atomic E-state index is -0.946. The van der Waals surface area contributed by atoms with Gasteiger partial charge in [0.15, 0.2) is 0 Å². The molecule has 108 valence electrons. The first-order chi connectivity index (χ1) is 9.49. The van der Waals surface area contributed by atoms with E-state index in [1.54, 1.807) is 24.3 Å². The molecule has 1 N–H and O–H groups in total. The predicted octanol–water partition coefficient (Wildman–Crippen LogP) is 2.28. The van der Waals surface area contributed by atoms with Gasteiger partial charge in [0.25, 0.3) is 0 Å². The van der Waals surface area contributed by atoms with Crippen LogP contribution in [0.5, 0.6) is 0 Å². The zero-order chi connectivity index (χ0) is 14.7. The zero-order valence-electron chi connectivity index (χ0n) is 11.7. The summed E-state index contributed by atoms with van der Waals surface area (Å²) in [5.41, 5.74) is 1.11. The summed E-state index contributed by atoms with van der Waals surface area (Å²) in [6.45, 7) is 5.03. The lowest BCUT2D eigenvalue weighted by Gasteiger charge is -2.37. The van der Waals surface area contributed by atoms with Crippen molar-refractivity contribution >= 4 is 23.6 Å². The first kappa shape index (κ1) is 14.9. The van der Waals surface area contributed by atoms with E-state index in [4.69, 9.17) is 5.11 Å². The van der Waals surface area contributed by atoms with Gasteiger partial charge in [-0.2, -0.15) is 11.8 Å². The Kier molecular flexibility index (Phi) is 4.70. The van der Waals surface area contributed by atoms with E-state index in [9.17, 15) is 9.59 Å². The maximum absolute atomic E-state index is 12.3. The van der Waals surface area contributed by atoms with Crippen LogP contribution < -0.4 is 0 Å². The number of aromatic carboxylic acids is 1. The van der Waals surface area contributed by atoms with E-state index in [2.05, 4.69) is 13.8 Å². The van der Waals surface area contributed by atoms with Crippen LogP contribution in [0.1, 0.15) is 29.8 Å². The number of rotatable bonds is 3. The van der Waals surface area contributed by atoms with E-state index < -0.39 is 5.97 Å². The number of thioether (sulfide) groups is 1. The molecule has 0 spiro atoms. The van der Waals surface area contributed by atoms with Crippen LogP contribution in [0.25, 0.3) is 0 Å². The summed E-state index contributed by atoms with van der Waals surface area (Å²) < 4.78 is 0. The fourth-order valence-corrected chi connectivity index (χ4v) is 3.43. The molecule has 1 saturated heterocycles. The molecule has 1 aliphatic rings. The van der Waals surface area contributed by atoms with Crippen molar-refractivity contribution in [3.05, 3.63) is 35.4 Å². The van der Waals surface area contributed by atoms with Crippen molar-refractivity contribution in [2.45, 2.75) is 31.6 Å². The average molecular weight is 293 g/mol. The number of hydrogen-bond acceptors (Lipinski definition) is 3. The summed E-state index contributed by atoms with van der Waals surface area (Å²) in [7, 11) is 0. The molecule has 2 atom stereocenters. The number of hydrogen-bond donors (Lipinski definition) is 1. The third kappa shape index (κ3) is 3.33. The number of carboxylic acid groups (broad SMARTS) is 1. The number of benzene rings is 1. The van der Waals surface area contributed by atoms with Gasteiger partial charge in [-0.15, -0.1) is 0 Å². The molecule has 4 nitrogen and oxygen atoms in total. The third-order valence-corrected chi connectivity index (χ3v) is 5.10. The lowest BCUT2D eigenvalue weighted by Crippen LogP contribution is -2.48. The van der Waals surface area contributed by atoms with Crippen molar-refractivity contribution < 1.29 is 14.7 Å². The van der Waals surface area contributed by atoms with E-state index in [-0.39, 0.29) is 17.5 Å². The highest BCUT2D eigenvalue weighted by Gasteiger charge is 2.28. The third-order valence-electron chi connectivity index (χ3n) is 3.76. The zero-order valence-corrected chi connectivity index (χ0v) is 12.5. The second-order valence-corrected chi connectivity index (χ2v) is 6.57. The number of carbonyl (C=O) groups excluding carboxylic acids is 1. The minimum absolute atomic E-state index is 0.118. The van der Waals surface area contributed by atoms with Crippen molar-refractivity contribution in [2.24, 2.45) is 0 Å². The fourth-order valence-electron chi connectivity index (χ4n) is 2.33. The van der Waals surface area contributed by atoms with Crippen LogP contribution in [0.4, 0.5) is 0 Å². The van der Waals surface area contributed by atoms with Crippen LogP contribution in [0.3, 0.4) is 0 Å². The Morgan fingerprint density at radius 3 is 2.55 bits per heavy atom. The Labute approximate surface area is 123 Å². The van der Waals surface area contributed by atoms with Crippen LogP contribution in [0.2, 0.25) is 0 Å². The maximum atomic E-state index is 12.3. The molecule has 0 radical (unpaired) electrons. The maximum Gasteiger partial charge on any atom is 0.335 e. The summed E-state index contributed by atoms with van der Waals surface area (Å²) in [4.78, 5) is 25.1. The second-order valence-electron chi connectivity index (χ2n) is 5.08. The summed E-state index contributed by atoms with van der Waals surface area (Å²) in [6, 6.07) is 6.77. The van der Waals surface area contributed by atoms with Crippen molar-refractivity contribution in [1.29, 1.82) is 0 Å². The average Bonchev–Trinajstić information content (AvgIpc) is 2.42. The van der Waals surface area contributed by atoms with Gasteiger partial charge in [0.1, 0.15) is 0 Å². The SMILES string of the molecule is CC1SCCN(C(=O)Cc2ccc(C(=O)O)cc2)C1C. The lowest BCUT2D eigenvalue weighted by atomic mass is 10.1. The minimum Gasteiger partial charge on any atom is -0.478 e. The molecule has 0 bridgehead atoms. The Bertz CT molecular complexity index is 500. The van der Waals surface area contributed by atoms with E-state index in [1.165, 1.54) is 0 Å². The first-order valence-electron chi connectivity index (χ1n) is 6.72. The lowest BCUT2D eigenvalue weighted by molar-refractivity contribution is -0.132. The molecule has 0 saturated carbocycles. The molecule has 1 aromatic carbocycles. The van der Waals surface area contributed by atoms with Crippen LogP contribution >= 0.6 is 11.8 Å². The quantitative estimate of drug-likeness (QED) is 0.929. The van der Waals surface area contributed by atoms with Gasteiger partial charge in [0.2, 0.25) is 5.91 Å². The largest absolute Gasteiger partial charge is 0.478 e. The second kappa shape index (κ2) is 6.31. The van der Waals surface area contributed by atoms with Gasteiger partial charge in [0, 0.05) is 23.6 Å². The van der Waals surface area contributed by atoms with Gasteiger partial charge in [-0.3, -0.25) is 4.79 Å². The molecule has 1 aliphatic heterocycles. The van der Waals surface area contributed by atoms with Gasteiger partial charge in [-0.1, -0.05) is 19.1 Å². The van der Waals surface area contributed by atoms with Gasteiger partial charge in [-0.05, 0) is 24.6 Å². The highest BCUT2D eigenvalue weighted by Crippen LogP contribution is 2.24. The number of nitrogens with zero attached hydrogens (tertiary/aromatic N) is 1. The van der Waals surface area contributed by atoms with E-state index in [0.717, 1.165) is 17.9 Å². The smallest absolute Gasteiger partial charge is 0.335 e. The molecule has 0 aromatic heterocycles. The molecule has 20 heavy (non-hydrogen) atoms. The Hall–Kier alpha value is -1.49. The number of amides is 1. The van der Waals surface area contributed by atoms with Crippen molar-refractivity contribution in [3.63, 3.8) is 0 Å².